The Morgan fingerprint density at radius 1 is 1.33 bits per heavy atom. The Hall–Kier alpha value is -3.16. The van der Waals surface area contributed by atoms with Crippen molar-refractivity contribution in [3.8, 4) is 16.9 Å². The summed E-state index contributed by atoms with van der Waals surface area (Å²) in [5.74, 6) is 0.680. The number of hydrogen-bond donors (Lipinski definition) is 1. The highest BCUT2D eigenvalue weighted by molar-refractivity contribution is 5.78. The van der Waals surface area contributed by atoms with Crippen LogP contribution in [0.25, 0.3) is 16.8 Å². The molecule has 8 nitrogen and oxygen atoms in total. The number of pyridine rings is 1. The predicted molar refractivity (Wildman–Crippen MR) is 90.1 cm³/mol. The number of aromatic nitrogens is 3. The first-order valence-corrected chi connectivity index (χ1v) is 7.38. The van der Waals surface area contributed by atoms with Crippen molar-refractivity contribution in [1.82, 2.24) is 14.6 Å². The Labute approximate surface area is 138 Å². The molecule has 0 radical (unpaired) electrons. The van der Waals surface area contributed by atoms with Crippen LogP contribution in [-0.4, -0.2) is 26.6 Å². The molecule has 0 fully saturated rings. The fraction of sp³-hybridized carbons (Fsp3) is 0.250. The van der Waals surface area contributed by atoms with Gasteiger partial charge in [0.2, 0.25) is 0 Å². The fourth-order valence-corrected chi connectivity index (χ4v) is 2.70. The summed E-state index contributed by atoms with van der Waals surface area (Å²) in [5, 5.41) is 15.4. The fourth-order valence-electron chi connectivity index (χ4n) is 2.70. The van der Waals surface area contributed by atoms with Gasteiger partial charge >= 0.3 is 0 Å². The molecule has 0 aliphatic carbocycles. The Balaban J connectivity index is 2.31. The Morgan fingerprint density at radius 2 is 2.08 bits per heavy atom. The van der Waals surface area contributed by atoms with Crippen molar-refractivity contribution in [1.29, 1.82) is 0 Å². The van der Waals surface area contributed by atoms with E-state index < -0.39 is 4.92 Å². The van der Waals surface area contributed by atoms with Crippen molar-refractivity contribution < 1.29 is 9.66 Å². The van der Waals surface area contributed by atoms with E-state index in [0.29, 0.717) is 11.4 Å². The number of ether oxygens (including phenoxy) is 1. The second-order valence-corrected chi connectivity index (χ2v) is 5.74. The van der Waals surface area contributed by atoms with Crippen molar-refractivity contribution >= 4 is 17.0 Å². The van der Waals surface area contributed by atoms with Crippen LogP contribution < -0.4 is 10.5 Å². The molecule has 0 saturated heterocycles. The number of anilines is 1. The minimum atomic E-state index is -0.478. The summed E-state index contributed by atoms with van der Waals surface area (Å²) < 4.78 is 6.95. The molecule has 0 amide bonds. The van der Waals surface area contributed by atoms with Crippen LogP contribution in [0.2, 0.25) is 0 Å². The van der Waals surface area contributed by atoms with E-state index in [2.05, 4.69) is 10.1 Å². The second-order valence-electron chi connectivity index (χ2n) is 5.74. The largest absolute Gasteiger partial charge is 0.493 e. The van der Waals surface area contributed by atoms with E-state index in [1.807, 2.05) is 13.8 Å². The van der Waals surface area contributed by atoms with Gasteiger partial charge in [0.05, 0.1) is 12.0 Å². The summed E-state index contributed by atoms with van der Waals surface area (Å²) in [7, 11) is 1.54. The third kappa shape index (κ3) is 2.51. The van der Waals surface area contributed by atoms with Gasteiger partial charge in [0, 0.05) is 17.8 Å². The molecule has 0 spiro atoms. The van der Waals surface area contributed by atoms with Crippen LogP contribution in [0.4, 0.5) is 11.4 Å². The summed E-state index contributed by atoms with van der Waals surface area (Å²) in [6.45, 7) is 4.02. The number of nitrogen functional groups attached to an aromatic ring is 1. The molecule has 0 bridgehead atoms. The van der Waals surface area contributed by atoms with Crippen LogP contribution in [0, 0.1) is 10.1 Å². The van der Waals surface area contributed by atoms with Crippen LogP contribution in [-0.2, 0) is 0 Å². The molecule has 0 unspecified atom stereocenters. The van der Waals surface area contributed by atoms with Gasteiger partial charge in [-0.2, -0.15) is 5.10 Å². The molecule has 2 aromatic heterocycles. The number of methoxy groups -OCH3 is 1. The number of hydrogen-bond acceptors (Lipinski definition) is 6. The quantitative estimate of drug-likeness (QED) is 0.448. The molecule has 24 heavy (non-hydrogen) atoms. The minimum absolute atomic E-state index is 0.118. The second kappa shape index (κ2) is 5.80. The van der Waals surface area contributed by atoms with Crippen molar-refractivity contribution in [3.63, 3.8) is 0 Å². The lowest BCUT2D eigenvalue weighted by atomic mass is 9.92. The molecule has 0 aliphatic rings. The summed E-state index contributed by atoms with van der Waals surface area (Å²) in [5.41, 5.74) is 8.85. The first kappa shape index (κ1) is 15.7. The summed E-state index contributed by atoms with van der Waals surface area (Å²) in [6, 6.07) is 4.96. The first-order valence-electron chi connectivity index (χ1n) is 7.38. The third-order valence-electron chi connectivity index (χ3n) is 3.89. The Kier molecular flexibility index (Phi) is 3.80. The highest BCUT2D eigenvalue weighted by Gasteiger charge is 2.20. The molecule has 3 rings (SSSR count). The molecule has 124 valence electrons. The van der Waals surface area contributed by atoms with Crippen LogP contribution in [0.5, 0.6) is 5.75 Å². The van der Waals surface area contributed by atoms with Crippen LogP contribution in [0.1, 0.15) is 25.3 Å². The molecule has 2 N–H and O–H groups in total. The number of benzene rings is 1. The maximum atomic E-state index is 11.3. The monoisotopic (exact) mass is 327 g/mol. The number of nitrogens with zero attached hydrogens (tertiary/aromatic N) is 4. The van der Waals surface area contributed by atoms with Crippen molar-refractivity contribution in [2.75, 3.05) is 12.8 Å². The molecule has 2 heterocycles. The van der Waals surface area contributed by atoms with E-state index >= 15 is 0 Å². The van der Waals surface area contributed by atoms with Crippen molar-refractivity contribution in [2.24, 2.45) is 0 Å². The van der Waals surface area contributed by atoms with E-state index in [1.165, 1.54) is 12.4 Å². The maximum Gasteiger partial charge on any atom is 0.292 e. The zero-order valence-corrected chi connectivity index (χ0v) is 13.6. The predicted octanol–water partition coefficient (Wildman–Crippen LogP) is 3.02. The van der Waals surface area contributed by atoms with Crippen molar-refractivity contribution in [2.45, 2.75) is 19.8 Å². The zero-order valence-electron chi connectivity index (χ0n) is 13.6. The smallest absolute Gasteiger partial charge is 0.292 e. The minimum Gasteiger partial charge on any atom is -0.493 e. The van der Waals surface area contributed by atoms with Gasteiger partial charge in [0.1, 0.15) is 12.0 Å². The number of nitrogens with two attached hydrogens (primary N) is 1. The topological polar surface area (TPSA) is 109 Å². The SMILES string of the molecule is COc1cc(-c2cc([N+](=O)[O-])c(N)cc2C(C)C)cn2ncnc12. The number of nitro benzene ring substituents is 1. The highest BCUT2D eigenvalue weighted by atomic mass is 16.6. The van der Waals surface area contributed by atoms with E-state index in [4.69, 9.17) is 10.5 Å². The lowest BCUT2D eigenvalue weighted by Gasteiger charge is -2.15. The van der Waals surface area contributed by atoms with Crippen LogP contribution >= 0.6 is 0 Å². The molecule has 8 heteroatoms. The van der Waals surface area contributed by atoms with Crippen molar-refractivity contribution in [3.05, 3.63) is 46.4 Å². The van der Waals surface area contributed by atoms with E-state index in [-0.39, 0.29) is 17.3 Å². The molecule has 0 aliphatic heterocycles. The van der Waals surface area contributed by atoms with Crippen LogP contribution in [0.3, 0.4) is 0 Å². The number of rotatable bonds is 4. The van der Waals surface area contributed by atoms with Gasteiger partial charge in [-0.3, -0.25) is 10.1 Å². The van der Waals surface area contributed by atoms with Gasteiger partial charge in [-0.1, -0.05) is 13.8 Å². The zero-order chi connectivity index (χ0) is 17.4. The average molecular weight is 327 g/mol. The third-order valence-corrected chi connectivity index (χ3v) is 3.89. The molecule has 0 atom stereocenters. The first-order chi connectivity index (χ1) is 11.4. The van der Waals surface area contributed by atoms with Gasteiger partial charge < -0.3 is 10.5 Å². The standard InChI is InChI=1S/C16H17N5O3/c1-9(2)11-5-13(17)14(21(22)23)6-12(11)10-4-15(24-3)16-18-8-19-20(16)7-10/h4-9H,17H2,1-3H3. The summed E-state index contributed by atoms with van der Waals surface area (Å²) >= 11 is 0. The summed E-state index contributed by atoms with van der Waals surface area (Å²) in [6.07, 6.45) is 3.20. The van der Waals surface area contributed by atoms with Crippen LogP contribution in [0.15, 0.2) is 30.7 Å². The average Bonchev–Trinajstić information content (AvgIpc) is 3.01. The molecular formula is C16H17N5O3. The molecule has 1 aromatic carbocycles. The lowest BCUT2D eigenvalue weighted by molar-refractivity contribution is -0.383. The van der Waals surface area contributed by atoms with E-state index in [0.717, 1.165) is 16.7 Å². The van der Waals surface area contributed by atoms with Gasteiger partial charge in [-0.15, -0.1) is 0 Å². The lowest BCUT2D eigenvalue weighted by Crippen LogP contribution is -2.02. The number of nitro groups is 1. The Morgan fingerprint density at radius 3 is 2.71 bits per heavy atom. The van der Waals surface area contributed by atoms with E-state index in [1.54, 1.807) is 30.0 Å². The van der Waals surface area contributed by atoms with Gasteiger partial charge in [0.25, 0.3) is 5.69 Å². The molecule has 0 saturated carbocycles. The van der Waals surface area contributed by atoms with E-state index in [9.17, 15) is 10.1 Å². The highest BCUT2D eigenvalue weighted by Crippen LogP contribution is 2.37. The summed E-state index contributed by atoms with van der Waals surface area (Å²) in [4.78, 5) is 14.9. The Bertz CT molecular complexity index is 933. The number of fused-ring (bicyclic) bond motifs is 1. The molecule has 3 aromatic rings. The van der Waals surface area contributed by atoms with Gasteiger partial charge in [-0.05, 0) is 29.2 Å². The van der Waals surface area contributed by atoms with Gasteiger partial charge in [-0.25, -0.2) is 9.50 Å². The maximum absolute atomic E-state index is 11.3. The molecular weight excluding hydrogens is 310 g/mol. The van der Waals surface area contributed by atoms with Gasteiger partial charge in [0.15, 0.2) is 11.4 Å². The normalized spacial score (nSPS) is 11.2.